The zero-order chi connectivity index (χ0) is 29.1. The molecule has 0 atom stereocenters. The molecule has 3 heterocycles. The van der Waals surface area contributed by atoms with Gasteiger partial charge in [0, 0.05) is 52.9 Å². The standard InChI is InChI=1S/C29H28F2N6O3S/c1-17-2-4-21(5-3-17)41(39,40)37-25-7-6-24(30)26(27(25)31)28(38)23-16-36-29-22(23)12-18(14-35-29)19(13-32)15-34-20-8-10-33-11-9-20/h2-7,12-16,20,32-34,37H,8-11H2,1H3,(H,35,36)/b19-15+,32-13?. The van der Waals surface area contributed by atoms with E-state index in [1.807, 2.05) is 0 Å². The summed E-state index contributed by atoms with van der Waals surface area (Å²) >= 11 is 0. The van der Waals surface area contributed by atoms with Crippen molar-refractivity contribution >= 4 is 44.3 Å². The van der Waals surface area contributed by atoms with E-state index in [1.54, 1.807) is 31.3 Å². The molecule has 1 aliphatic rings. The lowest BCUT2D eigenvalue weighted by molar-refractivity contribution is 0.103. The number of rotatable bonds is 9. The Bertz CT molecular complexity index is 1760. The van der Waals surface area contributed by atoms with Crippen LogP contribution < -0.4 is 15.4 Å². The van der Waals surface area contributed by atoms with E-state index in [2.05, 4.69) is 25.3 Å². The maximum Gasteiger partial charge on any atom is 0.261 e. The first kappa shape index (κ1) is 28.1. The van der Waals surface area contributed by atoms with Crippen LogP contribution in [0.2, 0.25) is 0 Å². The molecule has 0 unspecified atom stereocenters. The molecule has 5 N–H and O–H groups in total. The summed E-state index contributed by atoms with van der Waals surface area (Å²) in [7, 11) is -4.21. The predicted molar refractivity (Wildman–Crippen MR) is 154 cm³/mol. The highest BCUT2D eigenvalue weighted by Crippen LogP contribution is 2.29. The van der Waals surface area contributed by atoms with Gasteiger partial charge in [0.25, 0.3) is 10.0 Å². The molecule has 0 bridgehead atoms. The fourth-order valence-electron chi connectivity index (χ4n) is 4.65. The van der Waals surface area contributed by atoms with Crippen LogP contribution in [0.4, 0.5) is 14.5 Å². The van der Waals surface area contributed by atoms with Gasteiger partial charge in [-0.2, -0.15) is 0 Å². The second kappa shape index (κ2) is 11.6. The van der Waals surface area contributed by atoms with Gasteiger partial charge in [-0.3, -0.25) is 9.52 Å². The molecule has 0 saturated carbocycles. The molecule has 1 fully saturated rings. The Morgan fingerprint density at radius 3 is 2.56 bits per heavy atom. The molecule has 5 rings (SSSR count). The van der Waals surface area contributed by atoms with E-state index in [0.29, 0.717) is 22.2 Å². The molecule has 0 radical (unpaired) electrons. The number of sulfonamides is 1. The van der Waals surface area contributed by atoms with Crippen molar-refractivity contribution in [1.29, 1.82) is 5.41 Å². The quantitative estimate of drug-likeness (QED) is 0.146. The number of hydrogen-bond donors (Lipinski definition) is 5. The van der Waals surface area contributed by atoms with Gasteiger partial charge in [-0.1, -0.05) is 17.7 Å². The van der Waals surface area contributed by atoms with Crippen LogP contribution in [0, 0.1) is 24.0 Å². The lowest BCUT2D eigenvalue weighted by Gasteiger charge is -2.23. The smallest absolute Gasteiger partial charge is 0.261 e. The minimum Gasteiger partial charge on any atom is -0.388 e. The summed E-state index contributed by atoms with van der Waals surface area (Å²) in [6.07, 6.45) is 7.60. The number of nitrogens with zero attached hydrogens (tertiary/aromatic N) is 1. The van der Waals surface area contributed by atoms with Crippen molar-refractivity contribution in [3.63, 3.8) is 0 Å². The fraction of sp³-hybridized carbons (Fsp3) is 0.207. The van der Waals surface area contributed by atoms with Gasteiger partial charge in [-0.15, -0.1) is 0 Å². The molecule has 1 saturated heterocycles. The molecular weight excluding hydrogens is 550 g/mol. The number of anilines is 1. The molecule has 212 valence electrons. The number of pyridine rings is 1. The number of H-pyrrole nitrogens is 1. The predicted octanol–water partition coefficient (Wildman–Crippen LogP) is 4.51. The van der Waals surface area contributed by atoms with E-state index in [9.17, 15) is 17.6 Å². The van der Waals surface area contributed by atoms with E-state index < -0.39 is 38.7 Å². The van der Waals surface area contributed by atoms with Crippen LogP contribution in [0.25, 0.3) is 16.6 Å². The van der Waals surface area contributed by atoms with E-state index in [4.69, 9.17) is 5.41 Å². The number of halogens is 2. The van der Waals surface area contributed by atoms with Crippen molar-refractivity contribution in [2.24, 2.45) is 0 Å². The van der Waals surface area contributed by atoms with Crippen LogP contribution in [0.5, 0.6) is 0 Å². The third-order valence-corrected chi connectivity index (χ3v) is 8.35. The average molecular weight is 579 g/mol. The van der Waals surface area contributed by atoms with Gasteiger partial charge in [-0.25, -0.2) is 22.2 Å². The number of aromatic nitrogens is 2. The molecule has 2 aromatic heterocycles. The minimum absolute atomic E-state index is 0.0543. The SMILES string of the molecule is Cc1ccc(S(=O)(=O)Nc2ccc(F)c(C(=O)c3c[nH]c4ncc(/C(C=N)=C/NC5CCNCC5)cc34)c2F)cc1. The Morgan fingerprint density at radius 1 is 1.12 bits per heavy atom. The molecule has 41 heavy (non-hydrogen) atoms. The number of allylic oxidation sites excluding steroid dienone is 1. The van der Waals surface area contributed by atoms with Crippen LogP contribution in [0.3, 0.4) is 0 Å². The second-order valence-corrected chi connectivity index (χ2v) is 11.5. The number of nitrogens with one attached hydrogen (secondary N) is 5. The van der Waals surface area contributed by atoms with Gasteiger partial charge in [0.2, 0.25) is 5.78 Å². The van der Waals surface area contributed by atoms with Crippen LogP contribution >= 0.6 is 0 Å². The van der Waals surface area contributed by atoms with Crippen molar-refractivity contribution in [3.05, 3.63) is 94.9 Å². The summed E-state index contributed by atoms with van der Waals surface area (Å²) in [5.41, 5.74) is 0.668. The monoisotopic (exact) mass is 578 g/mol. The van der Waals surface area contributed by atoms with Crippen molar-refractivity contribution in [2.75, 3.05) is 17.8 Å². The van der Waals surface area contributed by atoms with Gasteiger partial charge in [0.15, 0.2) is 5.82 Å². The second-order valence-electron chi connectivity index (χ2n) is 9.79. The number of benzene rings is 2. The summed E-state index contributed by atoms with van der Waals surface area (Å²) < 4.78 is 58.2. The number of aryl methyl sites for hydroxylation is 1. The van der Waals surface area contributed by atoms with Gasteiger partial charge in [0.1, 0.15) is 11.5 Å². The van der Waals surface area contributed by atoms with Crippen LogP contribution in [-0.4, -0.2) is 49.5 Å². The first-order chi connectivity index (χ1) is 19.7. The summed E-state index contributed by atoms with van der Waals surface area (Å²) in [6.45, 7) is 3.59. The van der Waals surface area contributed by atoms with Crippen molar-refractivity contribution in [2.45, 2.75) is 30.7 Å². The maximum atomic E-state index is 15.6. The zero-order valence-corrected chi connectivity index (χ0v) is 22.9. The number of ketones is 1. The molecule has 12 heteroatoms. The highest BCUT2D eigenvalue weighted by molar-refractivity contribution is 7.92. The largest absolute Gasteiger partial charge is 0.388 e. The van der Waals surface area contributed by atoms with E-state index >= 15 is 4.39 Å². The highest BCUT2D eigenvalue weighted by atomic mass is 32.2. The van der Waals surface area contributed by atoms with Crippen molar-refractivity contribution in [3.8, 4) is 0 Å². The Hall–Kier alpha value is -4.42. The molecular formula is C29H28F2N6O3S. The number of aromatic amines is 1. The summed E-state index contributed by atoms with van der Waals surface area (Å²) in [6, 6.07) is 9.55. The normalized spacial score (nSPS) is 14.7. The maximum absolute atomic E-state index is 15.6. The Kier molecular flexibility index (Phi) is 7.95. The molecule has 1 aliphatic heterocycles. The topological polar surface area (TPSA) is 140 Å². The van der Waals surface area contributed by atoms with Gasteiger partial charge < -0.3 is 21.0 Å². The summed E-state index contributed by atoms with van der Waals surface area (Å²) in [5, 5.41) is 14.8. The Labute approximate surface area is 235 Å². The van der Waals surface area contributed by atoms with E-state index in [0.717, 1.165) is 49.8 Å². The van der Waals surface area contributed by atoms with E-state index in [1.165, 1.54) is 24.5 Å². The molecule has 2 aromatic carbocycles. The number of hydrogen-bond acceptors (Lipinski definition) is 7. The fourth-order valence-corrected chi connectivity index (χ4v) is 5.71. The first-order valence-electron chi connectivity index (χ1n) is 12.9. The highest BCUT2D eigenvalue weighted by Gasteiger charge is 2.26. The third-order valence-electron chi connectivity index (χ3n) is 6.97. The third kappa shape index (κ3) is 5.88. The van der Waals surface area contributed by atoms with Gasteiger partial charge >= 0.3 is 0 Å². The molecule has 4 aromatic rings. The van der Waals surface area contributed by atoms with Crippen molar-refractivity contribution in [1.82, 2.24) is 20.6 Å². The molecule has 9 nitrogen and oxygen atoms in total. The lowest BCUT2D eigenvalue weighted by atomic mass is 10.00. The lowest BCUT2D eigenvalue weighted by Crippen LogP contribution is -2.37. The number of piperidine rings is 1. The number of carbonyl (C=O) groups excluding carboxylic acids is 1. The van der Waals surface area contributed by atoms with Crippen LogP contribution in [-0.2, 0) is 10.0 Å². The summed E-state index contributed by atoms with van der Waals surface area (Å²) in [4.78, 5) is 20.5. The number of fused-ring (bicyclic) bond motifs is 1. The van der Waals surface area contributed by atoms with Crippen LogP contribution in [0.15, 0.2) is 66.0 Å². The molecule has 0 aliphatic carbocycles. The summed E-state index contributed by atoms with van der Waals surface area (Å²) in [5.74, 6) is -3.47. The van der Waals surface area contributed by atoms with Crippen LogP contribution in [0.1, 0.15) is 39.9 Å². The van der Waals surface area contributed by atoms with E-state index in [-0.39, 0.29) is 16.5 Å². The molecule has 0 amide bonds. The Morgan fingerprint density at radius 2 is 1.85 bits per heavy atom. The zero-order valence-electron chi connectivity index (χ0n) is 22.1. The van der Waals surface area contributed by atoms with Gasteiger partial charge in [0.05, 0.1) is 16.1 Å². The first-order valence-corrected chi connectivity index (χ1v) is 14.4. The van der Waals surface area contributed by atoms with Gasteiger partial charge in [-0.05, 0) is 63.2 Å². The minimum atomic E-state index is -4.21. The van der Waals surface area contributed by atoms with Crippen molar-refractivity contribution < 1.29 is 22.0 Å². The number of carbonyl (C=O) groups is 1. The molecule has 0 spiro atoms. The Balaban J connectivity index is 1.47. The average Bonchev–Trinajstić information content (AvgIpc) is 3.39.